The maximum absolute atomic E-state index is 12.8. The minimum Gasteiger partial charge on any atom is -0.298 e. The van der Waals surface area contributed by atoms with Gasteiger partial charge in [-0.05, 0) is 47.7 Å². The Balaban J connectivity index is 1.74. The van der Waals surface area contributed by atoms with Crippen LogP contribution in [0.5, 0.6) is 0 Å². The molecule has 1 saturated carbocycles. The summed E-state index contributed by atoms with van der Waals surface area (Å²) >= 11 is 14.1. The van der Waals surface area contributed by atoms with E-state index >= 15 is 0 Å². The fraction of sp³-hybridized carbons (Fsp3) is 0.381. The van der Waals surface area contributed by atoms with Crippen LogP contribution < -0.4 is 0 Å². The molecular weight excluding hydrogens is 371 g/mol. The molecule has 25 heavy (non-hydrogen) atoms. The van der Waals surface area contributed by atoms with Crippen LogP contribution in [-0.2, 0) is 4.79 Å². The van der Waals surface area contributed by atoms with E-state index in [1.54, 1.807) is 11.8 Å². The Hall–Kier alpha value is -0.960. The van der Waals surface area contributed by atoms with Crippen LogP contribution in [-0.4, -0.2) is 11.5 Å². The molecule has 4 rings (SSSR count). The molecule has 0 radical (unpaired) electrons. The average Bonchev–Trinajstić information content (AvgIpc) is 3.42. The normalized spacial score (nSPS) is 26.6. The number of carbonyl (C=O) groups excluding carboxylic acids is 1. The van der Waals surface area contributed by atoms with Gasteiger partial charge in [-0.15, -0.1) is 11.8 Å². The van der Waals surface area contributed by atoms with Crippen LogP contribution in [0.3, 0.4) is 0 Å². The van der Waals surface area contributed by atoms with Gasteiger partial charge in [-0.3, -0.25) is 4.79 Å². The van der Waals surface area contributed by atoms with E-state index in [-0.39, 0.29) is 17.1 Å². The van der Waals surface area contributed by atoms with Crippen molar-refractivity contribution in [2.24, 2.45) is 11.8 Å². The van der Waals surface area contributed by atoms with Crippen molar-refractivity contribution in [1.29, 1.82) is 0 Å². The first-order valence-electron chi connectivity index (χ1n) is 8.77. The number of carbonyl (C=O) groups is 1. The van der Waals surface area contributed by atoms with Crippen molar-refractivity contribution >= 4 is 40.7 Å². The summed E-state index contributed by atoms with van der Waals surface area (Å²) in [5, 5.41) is 1.74. The van der Waals surface area contributed by atoms with Crippen LogP contribution in [0.2, 0.25) is 10.0 Å². The van der Waals surface area contributed by atoms with Crippen molar-refractivity contribution in [3.8, 4) is 0 Å². The van der Waals surface area contributed by atoms with Gasteiger partial charge < -0.3 is 0 Å². The molecule has 1 aliphatic carbocycles. The van der Waals surface area contributed by atoms with Gasteiger partial charge in [-0.25, -0.2) is 0 Å². The number of halogens is 2. The van der Waals surface area contributed by atoms with Crippen molar-refractivity contribution in [2.75, 3.05) is 5.75 Å². The molecule has 130 valence electrons. The molecule has 1 aliphatic heterocycles. The first kappa shape index (κ1) is 17.5. The highest BCUT2D eigenvalue weighted by Crippen LogP contribution is 2.53. The lowest BCUT2D eigenvalue weighted by molar-refractivity contribution is -0.121. The fourth-order valence-corrected chi connectivity index (χ4v) is 5.64. The molecule has 1 unspecified atom stereocenters. The third-order valence-corrected chi connectivity index (χ3v) is 7.16. The minimum absolute atomic E-state index is 0.0962. The Morgan fingerprint density at radius 2 is 1.72 bits per heavy atom. The van der Waals surface area contributed by atoms with Gasteiger partial charge >= 0.3 is 0 Å². The van der Waals surface area contributed by atoms with Gasteiger partial charge in [0.25, 0.3) is 0 Å². The van der Waals surface area contributed by atoms with Gasteiger partial charge in [0.2, 0.25) is 0 Å². The van der Waals surface area contributed by atoms with Gasteiger partial charge in [0.15, 0.2) is 0 Å². The van der Waals surface area contributed by atoms with Gasteiger partial charge in [-0.1, -0.05) is 60.3 Å². The second kappa shape index (κ2) is 7.34. The largest absolute Gasteiger partial charge is 0.298 e. The average molecular weight is 391 g/mol. The molecule has 2 fully saturated rings. The molecule has 2 aromatic carbocycles. The number of benzene rings is 2. The predicted octanol–water partition coefficient (Wildman–Crippen LogP) is 6.55. The fourth-order valence-electron chi connectivity index (χ4n) is 3.86. The van der Waals surface area contributed by atoms with Crippen molar-refractivity contribution in [3.05, 3.63) is 69.7 Å². The van der Waals surface area contributed by atoms with Crippen LogP contribution in [0, 0.1) is 11.8 Å². The summed E-state index contributed by atoms with van der Waals surface area (Å²) in [6.45, 7) is 0. The summed E-state index contributed by atoms with van der Waals surface area (Å²) in [7, 11) is 0. The molecule has 2 aliphatic rings. The highest BCUT2D eigenvalue weighted by atomic mass is 35.5. The summed E-state index contributed by atoms with van der Waals surface area (Å²) in [6, 6.07) is 16.1. The summed E-state index contributed by atoms with van der Waals surface area (Å²) in [4.78, 5) is 12.8. The summed E-state index contributed by atoms with van der Waals surface area (Å²) < 4.78 is 0. The van der Waals surface area contributed by atoms with Gasteiger partial charge in [0.1, 0.15) is 5.78 Å². The quantitative estimate of drug-likeness (QED) is 0.588. The molecule has 1 heterocycles. The van der Waals surface area contributed by atoms with Crippen molar-refractivity contribution in [2.45, 2.75) is 30.4 Å². The molecule has 4 heteroatoms. The SMILES string of the molecule is O=C1CS[C@@H](c2cccc(Cl)c2)[C@@H](c2ccc(Cl)cc2)C1CC1CC1. The van der Waals surface area contributed by atoms with Crippen molar-refractivity contribution in [3.63, 3.8) is 0 Å². The van der Waals surface area contributed by atoms with Crippen LogP contribution in [0.4, 0.5) is 0 Å². The van der Waals surface area contributed by atoms with Crippen molar-refractivity contribution < 1.29 is 4.79 Å². The van der Waals surface area contributed by atoms with E-state index in [0.29, 0.717) is 11.5 Å². The lowest BCUT2D eigenvalue weighted by Gasteiger charge is -2.38. The first-order valence-corrected chi connectivity index (χ1v) is 10.6. The molecule has 3 atom stereocenters. The molecule has 2 aromatic rings. The summed E-state index contributed by atoms with van der Waals surface area (Å²) in [5.41, 5.74) is 2.42. The van der Waals surface area contributed by atoms with Crippen molar-refractivity contribution in [1.82, 2.24) is 0 Å². The molecule has 0 spiro atoms. The number of thioether (sulfide) groups is 1. The number of ketones is 1. The number of hydrogen-bond donors (Lipinski definition) is 0. The van der Waals surface area contributed by atoms with E-state index in [2.05, 4.69) is 18.2 Å². The molecule has 0 N–H and O–H groups in total. The van der Waals surface area contributed by atoms with Crippen LogP contribution in [0.1, 0.15) is 41.6 Å². The van der Waals surface area contributed by atoms with Crippen LogP contribution in [0.25, 0.3) is 0 Å². The highest BCUT2D eigenvalue weighted by molar-refractivity contribution is 8.00. The molecule has 0 bridgehead atoms. The van der Waals surface area contributed by atoms with Gasteiger partial charge in [-0.2, -0.15) is 0 Å². The highest BCUT2D eigenvalue weighted by Gasteiger charge is 2.43. The lowest BCUT2D eigenvalue weighted by Crippen LogP contribution is -2.33. The molecule has 1 nitrogen and oxygen atoms in total. The third-order valence-electron chi connectivity index (χ3n) is 5.29. The number of hydrogen-bond acceptors (Lipinski definition) is 2. The van der Waals surface area contributed by atoms with E-state index in [0.717, 1.165) is 22.4 Å². The Bertz CT molecular complexity index is 770. The summed E-state index contributed by atoms with van der Waals surface area (Å²) in [5.74, 6) is 2.00. The second-order valence-corrected chi connectivity index (χ2v) is 9.12. The van der Waals surface area contributed by atoms with Crippen LogP contribution in [0.15, 0.2) is 48.5 Å². The standard InChI is InChI=1S/C21H20Cl2OS/c22-16-8-6-14(7-9-16)20-18(10-13-4-5-13)19(24)12-25-21(20)15-2-1-3-17(23)11-15/h1-3,6-9,11,13,18,20-21H,4-5,10,12H2/t18?,20-,21-/m0/s1. The molecular formula is C21H20Cl2OS. The van der Waals surface area contributed by atoms with E-state index in [1.807, 2.05) is 30.3 Å². The van der Waals surface area contributed by atoms with E-state index in [4.69, 9.17) is 23.2 Å². The molecule has 0 amide bonds. The zero-order chi connectivity index (χ0) is 17.4. The maximum atomic E-state index is 12.8. The van der Waals surface area contributed by atoms with Gasteiger partial charge in [0.05, 0.1) is 5.75 Å². The van der Waals surface area contributed by atoms with E-state index in [1.165, 1.54) is 24.0 Å². The predicted molar refractivity (Wildman–Crippen MR) is 107 cm³/mol. The Morgan fingerprint density at radius 1 is 0.960 bits per heavy atom. The molecule has 1 saturated heterocycles. The topological polar surface area (TPSA) is 17.1 Å². The monoisotopic (exact) mass is 390 g/mol. The third kappa shape index (κ3) is 3.92. The Morgan fingerprint density at radius 3 is 2.40 bits per heavy atom. The Labute approximate surface area is 163 Å². The second-order valence-electron chi connectivity index (χ2n) is 7.12. The first-order chi connectivity index (χ1) is 12.1. The number of Topliss-reactive ketones (excluding diaryl/α,β-unsaturated/α-hetero) is 1. The summed E-state index contributed by atoms with van der Waals surface area (Å²) in [6.07, 6.45) is 3.56. The minimum atomic E-state index is 0.0962. The zero-order valence-corrected chi connectivity index (χ0v) is 16.2. The zero-order valence-electron chi connectivity index (χ0n) is 13.8. The Kier molecular flexibility index (Phi) is 5.13. The van der Waals surface area contributed by atoms with E-state index < -0.39 is 0 Å². The molecule has 0 aromatic heterocycles. The van der Waals surface area contributed by atoms with Gasteiger partial charge in [0, 0.05) is 27.1 Å². The smallest absolute Gasteiger partial charge is 0.146 e. The van der Waals surface area contributed by atoms with E-state index in [9.17, 15) is 4.79 Å². The lowest BCUT2D eigenvalue weighted by atomic mass is 9.76. The number of rotatable bonds is 4. The van der Waals surface area contributed by atoms with Crippen LogP contribution >= 0.6 is 35.0 Å². The maximum Gasteiger partial charge on any atom is 0.146 e.